The molecule has 2 aliphatic heterocycles. The number of amides is 2. The molecule has 0 spiro atoms. The molecule has 0 aliphatic carbocycles. The van der Waals surface area contributed by atoms with Gasteiger partial charge in [0.1, 0.15) is 5.75 Å². The first kappa shape index (κ1) is 18.8. The van der Waals surface area contributed by atoms with E-state index in [-0.39, 0.29) is 12.1 Å². The smallest absolute Gasteiger partial charge is 0.315 e. The first-order valence-corrected chi connectivity index (χ1v) is 10.3. The number of benzene rings is 2. The summed E-state index contributed by atoms with van der Waals surface area (Å²) >= 11 is 0. The maximum absolute atomic E-state index is 12.5. The van der Waals surface area contributed by atoms with E-state index in [1.165, 1.54) is 18.4 Å². The van der Waals surface area contributed by atoms with Gasteiger partial charge in [0.2, 0.25) is 0 Å². The molecule has 4 rings (SSSR count). The number of para-hydroxylation sites is 1. The standard InChI is InChI=1S/C23H29N3O2/c27-23(25-21-12-14-28-22-11-5-4-10-20(21)22)24-15-19-9-6-13-26(17-19)16-18-7-2-1-3-8-18/h1-5,7-8,10-11,19,21H,6,9,12-17H2,(H2,24,25,27). The van der Waals surface area contributed by atoms with Crippen LogP contribution in [0.1, 0.15) is 36.4 Å². The van der Waals surface area contributed by atoms with Crippen molar-refractivity contribution in [2.75, 3.05) is 26.2 Å². The Morgan fingerprint density at radius 2 is 1.89 bits per heavy atom. The highest BCUT2D eigenvalue weighted by Gasteiger charge is 2.24. The van der Waals surface area contributed by atoms with Crippen molar-refractivity contribution in [3.05, 3.63) is 65.7 Å². The molecule has 2 heterocycles. The quantitative estimate of drug-likeness (QED) is 0.832. The lowest BCUT2D eigenvalue weighted by Crippen LogP contribution is -2.44. The maximum Gasteiger partial charge on any atom is 0.315 e. The Balaban J connectivity index is 1.25. The number of hydrogen-bond donors (Lipinski definition) is 2. The zero-order valence-corrected chi connectivity index (χ0v) is 16.3. The Morgan fingerprint density at radius 3 is 2.79 bits per heavy atom. The summed E-state index contributed by atoms with van der Waals surface area (Å²) in [5.41, 5.74) is 2.42. The van der Waals surface area contributed by atoms with Gasteiger partial charge in [-0.2, -0.15) is 0 Å². The first-order chi connectivity index (χ1) is 13.8. The molecule has 5 heteroatoms. The minimum absolute atomic E-state index is 0.0193. The van der Waals surface area contributed by atoms with Crippen LogP contribution in [0.4, 0.5) is 4.79 Å². The lowest BCUT2D eigenvalue weighted by atomic mass is 9.97. The molecule has 0 bridgehead atoms. The average Bonchev–Trinajstić information content (AvgIpc) is 2.74. The maximum atomic E-state index is 12.5. The molecule has 0 saturated carbocycles. The number of ether oxygens (including phenoxy) is 1. The van der Waals surface area contributed by atoms with E-state index in [1.54, 1.807) is 0 Å². The van der Waals surface area contributed by atoms with Crippen molar-refractivity contribution in [3.63, 3.8) is 0 Å². The fourth-order valence-electron chi connectivity index (χ4n) is 4.24. The Labute approximate surface area is 167 Å². The van der Waals surface area contributed by atoms with Gasteiger partial charge in [0.05, 0.1) is 12.6 Å². The largest absolute Gasteiger partial charge is 0.493 e. The summed E-state index contributed by atoms with van der Waals surface area (Å²) in [6.45, 7) is 4.52. The summed E-state index contributed by atoms with van der Waals surface area (Å²) in [5, 5.41) is 6.22. The van der Waals surface area contributed by atoms with Gasteiger partial charge in [0.15, 0.2) is 0 Å². The lowest BCUT2D eigenvalue weighted by molar-refractivity contribution is 0.164. The highest BCUT2D eigenvalue weighted by atomic mass is 16.5. The summed E-state index contributed by atoms with van der Waals surface area (Å²) in [6.07, 6.45) is 3.17. The minimum Gasteiger partial charge on any atom is -0.493 e. The van der Waals surface area contributed by atoms with Crippen LogP contribution in [0.2, 0.25) is 0 Å². The average molecular weight is 380 g/mol. The van der Waals surface area contributed by atoms with E-state index in [9.17, 15) is 4.79 Å². The SMILES string of the molecule is O=C(NCC1CCCN(Cc2ccccc2)C1)NC1CCOc2ccccc21. The fraction of sp³-hybridized carbons (Fsp3) is 0.435. The van der Waals surface area contributed by atoms with Gasteiger partial charge in [0, 0.05) is 31.6 Å². The van der Waals surface area contributed by atoms with Gasteiger partial charge in [-0.05, 0) is 36.9 Å². The van der Waals surface area contributed by atoms with Gasteiger partial charge >= 0.3 is 6.03 Å². The van der Waals surface area contributed by atoms with Crippen LogP contribution in [0.15, 0.2) is 54.6 Å². The molecular formula is C23H29N3O2. The third kappa shape index (κ3) is 4.84. The molecule has 2 aromatic carbocycles. The van der Waals surface area contributed by atoms with Crippen LogP contribution in [0.3, 0.4) is 0 Å². The zero-order chi connectivity index (χ0) is 19.2. The van der Waals surface area contributed by atoms with Crippen molar-refractivity contribution in [1.29, 1.82) is 0 Å². The molecule has 0 aromatic heterocycles. The van der Waals surface area contributed by atoms with Crippen molar-refractivity contribution >= 4 is 6.03 Å². The first-order valence-electron chi connectivity index (χ1n) is 10.3. The van der Waals surface area contributed by atoms with Gasteiger partial charge in [-0.25, -0.2) is 4.79 Å². The zero-order valence-electron chi connectivity index (χ0n) is 16.3. The lowest BCUT2D eigenvalue weighted by Gasteiger charge is -2.33. The predicted octanol–water partition coefficient (Wildman–Crippen LogP) is 3.72. The number of carbonyl (C=O) groups excluding carboxylic acids is 1. The second-order valence-electron chi connectivity index (χ2n) is 7.81. The summed E-state index contributed by atoms with van der Waals surface area (Å²) < 4.78 is 5.67. The molecule has 2 unspecified atom stereocenters. The second-order valence-corrected chi connectivity index (χ2v) is 7.81. The Bertz CT molecular complexity index is 780. The second kappa shape index (κ2) is 9.11. The van der Waals surface area contributed by atoms with E-state index < -0.39 is 0 Å². The van der Waals surface area contributed by atoms with Gasteiger partial charge in [-0.1, -0.05) is 48.5 Å². The van der Waals surface area contributed by atoms with Crippen molar-refractivity contribution in [3.8, 4) is 5.75 Å². The van der Waals surface area contributed by atoms with Crippen molar-refractivity contribution in [1.82, 2.24) is 15.5 Å². The fourth-order valence-corrected chi connectivity index (χ4v) is 4.24. The molecule has 2 amide bonds. The van der Waals surface area contributed by atoms with E-state index in [0.29, 0.717) is 12.5 Å². The van der Waals surface area contributed by atoms with Crippen LogP contribution in [0, 0.1) is 5.92 Å². The summed E-state index contributed by atoms with van der Waals surface area (Å²) in [5.74, 6) is 1.38. The predicted molar refractivity (Wildman–Crippen MR) is 110 cm³/mol. The van der Waals surface area contributed by atoms with Crippen molar-refractivity contribution < 1.29 is 9.53 Å². The van der Waals surface area contributed by atoms with Crippen LogP contribution in [0.5, 0.6) is 5.75 Å². The molecule has 2 atom stereocenters. The molecule has 28 heavy (non-hydrogen) atoms. The Kier molecular flexibility index (Phi) is 6.12. The van der Waals surface area contributed by atoms with Crippen LogP contribution in [0.25, 0.3) is 0 Å². The molecule has 148 valence electrons. The topological polar surface area (TPSA) is 53.6 Å². The Hall–Kier alpha value is -2.53. The molecule has 2 aromatic rings. The van der Waals surface area contributed by atoms with E-state index in [4.69, 9.17) is 4.74 Å². The van der Waals surface area contributed by atoms with Gasteiger partial charge < -0.3 is 15.4 Å². The number of urea groups is 1. The van der Waals surface area contributed by atoms with E-state index in [0.717, 1.165) is 43.9 Å². The monoisotopic (exact) mass is 379 g/mol. The summed E-state index contributed by atoms with van der Waals surface area (Å²) in [7, 11) is 0. The number of carbonyl (C=O) groups is 1. The third-order valence-corrected chi connectivity index (χ3v) is 5.67. The number of nitrogens with zero attached hydrogens (tertiary/aromatic N) is 1. The summed E-state index contributed by atoms with van der Waals surface area (Å²) in [4.78, 5) is 15.0. The van der Waals surface area contributed by atoms with Gasteiger partial charge in [-0.3, -0.25) is 4.90 Å². The molecule has 0 radical (unpaired) electrons. The molecule has 2 N–H and O–H groups in total. The molecule has 5 nitrogen and oxygen atoms in total. The highest BCUT2D eigenvalue weighted by Crippen LogP contribution is 2.31. The number of fused-ring (bicyclic) bond motifs is 1. The van der Waals surface area contributed by atoms with E-state index in [1.807, 2.05) is 24.3 Å². The molecular weight excluding hydrogens is 350 g/mol. The minimum atomic E-state index is -0.0816. The van der Waals surface area contributed by atoms with Crippen molar-refractivity contribution in [2.24, 2.45) is 5.92 Å². The normalized spacial score (nSPS) is 22.0. The van der Waals surface area contributed by atoms with E-state index in [2.05, 4.69) is 45.9 Å². The number of hydrogen-bond acceptors (Lipinski definition) is 3. The van der Waals surface area contributed by atoms with E-state index >= 15 is 0 Å². The highest BCUT2D eigenvalue weighted by molar-refractivity contribution is 5.74. The number of nitrogens with one attached hydrogen (secondary N) is 2. The van der Waals surface area contributed by atoms with Gasteiger partial charge in [0.25, 0.3) is 0 Å². The van der Waals surface area contributed by atoms with Crippen LogP contribution in [-0.4, -0.2) is 37.2 Å². The van der Waals surface area contributed by atoms with Crippen LogP contribution < -0.4 is 15.4 Å². The molecule has 1 fully saturated rings. The van der Waals surface area contributed by atoms with Crippen LogP contribution >= 0.6 is 0 Å². The Morgan fingerprint density at radius 1 is 1.07 bits per heavy atom. The molecule has 1 saturated heterocycles. The van der Waals surface area contributed by atoms with Crippen LogP contribution in [-0.2, 0) is 6.54 Å². The third-order valence-electron chi connectivity index (χ3n) is 5.67. The number of piperidine rings is 1. The number of rotatable bonds is 5. The van der Waals surface area contributed by atoms with Crippen molar-refractivity contribution in [2.45, 2.75) is 31.8 Å². The summed E-state index contributed by atoms with van der Waals surface area (Å²) in [6, 6.07) is 18.5. The molecule has 2 aliphatic rings. The van der Waals surface area contributed by atoms with Gasteiger partial charge in [-0.15, -0.1) is 0 Å². The number of likely N-dealkylation sites (tertiary alicyclic amines) is 1.